The number of halogens is 1. The van der Waals surface area contributed by atoms with E-state index in [1.54, 1.807) is 17.6 Å². The molecule has 1 fully saturated rings. The molecule has 0 unspecified atom stereocenters. The maximum atomic E-state index is 12.0. The molecule has 0 N–H and O–H groups in total. The lowest BCUT2D eigenvalue weighted by Crippen LogP contribution is -2.13. The molecule has 0 aromatic carbocycles. The minimum absolute atomic E-state index is 0.317. The Morgan fingerprint density at radius 2 is 2.32 bits per heavy atom. The first-order valence-electron chi connectivity index (χ1n) is 6.34. The van der Waals surface area contributed by atoms with Crippen LogP contribution < -0.4 is 0 Å². The number of nitrogens with zero attached hydrogens (tertiary/aromatic N) is 3. The molecule has 1 aliphatic rings. The van der Waals surface area contributed by atoms with Crippen LogP contribution in [0.15, 0.2) is 10.7 Å². The highest BCUT2D eigenvalue weighted by Gasteiger charge is 2.32. The van der Waals surface area contributed by atoms with Gasteiger partial charge in [0.1, 0.15) is 0 Å². The fourth-order valence-electron chi connectivity index (χ4n) is 2.20. The first-order valence-corrected chi connectivity index (χ1v) is 7.13. The molecule has 0 spiro atoms. The van der Waals surface area contributed by atoms with Gasteiger partial charge in [-0.15, -0.1) is 0 Å². The van der Waals surface area contributed by atoms with Gasteiger partial charge in [0.2, 0.25) is 0 Å². The predicted molar refractivity (Wildman–Crippen MR) is 73.4 cm³/mol. The third-order valence-electron chi connectivity index (χ3n) is 3.24. The average molecular weight is 324 g/mol. The molecule has 0 saturated heterocycles. The summed E-state index contributed by atoms with van der Waals surface area (Å²) in [5.74, 6) is 0.0687. The van der Waals surface area contributed by atoms with Crippen LogP contribution in [0.25, 0.3) is 5.65 Å². The van der Waals surface area contributed by atoms with Crippen LogP contribution in [-0.4, -0.2) is 27.2 Å². The Kier molecular flexibility index (Phi) is 3.05. The first kappa shape index (κ1) is 12.6. The molecule has 2 aromatic rings. The number of hydrogen-bond donors (Lipinski definition) is 0. The third kappa shape index (κ3) is 2.04. The fourth-order valence-corrected chi connectivity index (χ4v) is 2.55. The Hall–Kier alpha value is -1.43. The molecular weight excluding hydrogens is 310 g/mol. The van der Waals surface area contributed by atoms with Gasteiger partial charge < -0.3 is 4.74 Å². The van der Waals surface area contributed by atoms with Crippen LogP contribution in [-0.2, 0) is 4.74 Å². The van der Waals surface area contributed by atoms with Gasteiger partial charge in [-0.1, -0.05) is 0 Å². The molecular formula is C13H14BrN3O2. The van der Waals surface area contributed by atoms with Crippen molar-refractivity contribution >= 4 is 27.5 Å². The Morgan fingerprint density at radius 3 is 2.95 bits per heavy atom. The minimum atomic E-state index is -0.317. The first-order chi connectivity index (χ1) is 9.13. The van der Waals surface area contributed by atoms with Gasteiger partial charge in [0.25, 0.3) is 0 Å². The van der Waals surface area contributed by atoms with E-state index in [-0.39, 0.29) is 5.97 Å². The monoisotopic (exact) mass is 323 g/mol. The van der Waals surface area contributed by atoms with E-state index in [4.69, 9.17) is 4.74 Å². The van der Waals surface area contributed by atoms with E-state index in [2.05, 4.69) is 26.0 Å². The number of rotatable bonds is 3. The lowest BCUT2D eigenvalue weighted by Gasteiger charge is -2.09. The molecule has 1 saturated carbocycles. The van der Waals surface area contributed by atoms with Crippen molar-refractivity contribution in [3.63, 3.8) is 0 Å². The number of aryl methyl sites for hydroxylation is 1. The van der Waals surface area contributed by atoms with E-state index in [1.165, 1.54) is 0 Å². The number of ether oxygens (including phenoxy) is 1. The number of hydrogen-bond acceptors (Lipinski definition) is 4. The van der Waals surface area contributed by atoms with Crippen LogP contribution in [0, 0.1) is 6.92 Å². The average Bonchev–Trinajstić information content (AvgIpc) is 3.17. The van der Waals surface area contributed by atoms with E-state index in [9.17, 15) is 4.79 Å². The Balaban J connectivity index is 2.23. The molecule has 0 aliphatic heterocycles. The van der Waals surface area contributed by atoms with Gasteiger partial charge in [-0.3, -0.25) is 0 Å². The van der Waals surface area contributed by atoms with Crippen molar-refractivity contribution < 1.29 is 9.53 Å². The van der Waals surface area contributed by atoms with Gasteiger partial charge in [0, 0.05) is 12.1 Å². The molecule has 0 atom stereocenters. The lowest BCUT2D eigenvalue weighted by atomic mass is 10.1. The summed E-state index contributed by atoms with van der Waals surface area (Å²) in [5, 5.41) is 4.48. The molecule has 1 aliphatic carbocycles. The highest BCUT2D eigenvalue weighted by atomic mass is 79.9. The van der Waals surface area contributed by atoms with E-state index in [0.29, 0.717) is 18.1 Å². The molecule has 0 bridgehead atoms. The van der Waals surface area contributed by atoms with Gasteiger partial charge in [0.05, 0.1) is 28.0 Å². The summed E-state index contributed by atoms with van der Waals surface area (Å²) in [5.41, 5.74) is 3.09. The van der Waals surface area contributed by atoms with Crippen molar-refractivity contribution in [3.8, 4) is 0 Å². The van der Waals surface area contributed by atoms with Crippen LogP contribution in [0.3, 0.4) is 0 Å². The molecule has 3 rings (SSSR count). The molecule has 2 heterocycles. The zero-order valence-corrected chi connectivity index (χ0v) is 12.4. The van der Waals surface area contributed by atoms with Crippen LogP contribution in [0.5, 0.6) is 0 Å². The summed E-state index contributed by atoms with van der Waals surface area (Å²) < 4.78 is 7.76. The summed E-state index contributed by atoms with van der Waals surface area (Å²) in [6.07, 6.45) is 3.77. The Bertz CT molecular complexity index is 661. The van der Waals surface area contributed by atoms with Gasteiger partial charge in [-0.05, 0) is 42.6 Å². The van der Waals surface area contributed by atoms with Gasteiger partial charge in [0.15, 0.2) is 5.65 Å². The number of aromatic nitrogens is 3. The second-order valence-electron chi connectivity index (χ2n) is 4.69. The predicted octanol–water partition coefficient (Wildman–Crippen LogP) is 2.85. The van der Waals surface area contributed by atoms with E-state index < -0.39 is 0 Å². The number of carbonyl (C=O) groups is 1. The van der Waals surface area contributed by atoms with Crippen molar-refractivity contribution in [3.05, 3.63) is 27.6 Å². The highest BCUT2D eigenvalue weighted by molar-refractivity contribution is 9.10. The van der Waals surface area contributed by atoms with Crippen LogP contribution in [0.1, 0.15) is 47.4 Å². The minimum Gasteiger partial charge on any atom is -0.462 e. The zero-order chi connectivity index (χ0) is 13.6. The third-order valence-corrected chi connectivity index (χ3v) is 4.17. The maximum absolute atomic E-state index is 12.0. The topological polar surface area (TPSA) is 56.5 Å². The van der Waals surface area contributed by atoms with Crippen molar-refractivity contribution in [2.45, 2.75) is 32.6 Å². The maximum Gasteiger partial charge on any atom is 0.341 e. The van der Waals surface area contributed by atoms with Crippen molar-refractivity contribution in [2.75, 3.05) is 6.61 Å². The standard InChI is InChI=1S/C13H14BrN3O2/c1-3-19-13(18)9-6-15-12-10(14)7(2)16-17(12)11(9)8-4-5-8/h6,8H,3-5H2,1-2H3. The van der Waals surface area contributed by atoms with E-state index in [1.807, 2.05) is 6.92 Å². The number of esters is 1. The summed E-state index contributed by atoms with van der Waals surface area (Å²) in [7, 11) is 0. The summed E-state index contributed by atoms with van der Waals surface area (Å²) >= 11 is 3.48. The quantitative estimate of drug-likeness (QED) is 0.815. The smallest absolute Gasteiger partial charge is 0.341 e. The zero-order valence-electron chi connectivity index (χ0n) is 10.8. The summed E-state index contributed by atoms with van der Waals surface area (Å²) in [6, 6.07) is 0. The van der Waals surface area contributed by atoms with Gasteiger partial charge in [-0.25, -0.2) is 14.3 Å². The van der Waals surface area contributed by atoms with E-state index in [0.717, 1.165) is 34.3 Å². The van der Waals surface area contributed by atoms with Crippen LogP contribution in [0.4, 0.5) is 0 Å². The van der Waals surface area contributed by atoms with Crippen LogP contribution >= 0.6 is 15.9 Å². The molecule has 19 heavy (non-hydrogen) atoms. The molecule has 100 valence electrons. The molecule has 2 aromatic heterocycles. The molecule has 6 heteroatoms. The second kappa shape index (κ2) is 4.59. The van der Waals surface area contributed by atoms with Gasteiger partial charge >= 0.3 is 5.97 Å². The SMILES string of the molecule is CCOC(=O)c1cnc2c(Br)c(C)nn2c1C1CC1. The van der Waals surface area contributed by atoms with Gasteiger partial charge in [-0.2, -0.15) is 5.10 Å². The van der Waals surface area contributed by atoms with Crippen molar-refractivity contribution in [1.82, 2.24) is 14.6 Å². The van der Waals surface area contributed by atoms with Crippen molar-refractivity contribution in [1.29, 1.82) is 0 Å². The number of carbonyl (C=O) groups excluding carboxylic acids is 1. The molecule has 0 amide bonds. The second-order valence-corrected chi connectivity index (χ2v) is 5.48. The van der Waals surface area contributed by atoms with Crippen molar-refractivity contribution in [2.24, 2.45) is 0 Å². The number of fused-ring (bicyclic) bond motifs is 1. The lowest BCUT2D eigenvalue weighted by molar-refractivity contribution is 0.0523. The Morgan fingerprint density at radius 1 is 1.58 bits per heavy atom. The highest BCUT2D eigenvalue weighted by Crippen LogP contribution is 2.42. The summed E-state index contributed by atoms with van der Waals surface area (Å²) in [4.78, 5) is 16.3. The van der Waals surface area contributed by atoms with E-state index >= 15 is 0 Å². The summed E-state index contributed by atoms with van der Waals surface area (Å²) in [6.45, 7) is 4.08. The fraction of sp³-hybridized carbons (Fsp3) is 0.462. The normalized spacial score (nSPS) is 14.9. The molecule has 5 nitrogen and oxygen atoms in total. The molecule has 0 radical (unpaired) electrons. The largest absolute Gasteiger partial charge is 0.462 e. The van der Waals surface area contributed by atoms with Crippen LogP contribution in [0.2, 0.25) is 0 Å². The Labute approximate surface area is 119 Å².